The average molecular weight is 654 g/mol. The molecule has 0 saturated carbocycles. The minimum Gasteiger partial charge on any atom is -0.0616 e. The molecule has 0 fully saturated rings. The van der Waals surface area contributed by atoms with Crippen molar-refractivity contribution in [3.63, 3.8) is 0 Å². The SMILES string of the molecule is O=C1C(=CC2=CC3=C(C=C(N4c5ccccc5[Te]c5ncccc54)C3)C2)C(=O)c2c1c1ccccc1c1ccccc21. The first kappa shape index (κ1) is 24.1. The normalized spacial score (nSPS) is 17.0. The van der Waals surface area contributed by atoms with Gasteiger partial charge in [-0.2, -0.15) is 0 Å². The molecule has 1 aromatic heterocycles. The van der Waals surface area contributed by atoms with Crippen LogP contribution >= 0.6 is 0 Å². The van der Waals surface area contributed by atoms with Crippen molar-refractivity contribution in [2.45, 2.75) is 12.8 Å². The monoisotopic (exact) mass is 656 g/mol. The molecule has 4 aromatic carbocycles. The summed E-state index contributed by atoms with van der Waals surface area (Å²) in [6.45, 7) is 0. The van der Waals surface area contributed by atoms with Crippen molar-refractivity contribution in [1.29, 1.82) is 0 Å². The number of benzene rings is 4. The van der Waals surface area contributed by atoms with E-state index in [4.69, 9.17) is 4.98 Å². The summed E-state index contributed by atoms with van der Waals surface area (Å²) >= 11 is -0.535. The summed E-state index contributed by atoms with van der Waals surface area (Å²) < 4.78 is 2.62. The molecule has 0 radical (unpaired) electrons. The molecule has 0 spiro atoms. The Morgan fingerprint density at radius 2 is 1.29 bits per heavy atom. The first-order chi connectivity index (χ1) is 20.7. The van der Waals surface area contributed by atoms with E-state index >= 15 is 0 Å². The third-order valence-corrected chi connectivity index (χ3v) is 11.7. The Hall–Kier alpha value is -4.56. The van der Waals surface area contributed by atoms with Gasteiger partial charge in [-0.1, -0.05) is 48.5 Å². The molecule has 0 N–H and O–H groups in total. The number of ketones is 2. The van der Waals surface area contributed by atoms with Gasteiger partial charge in [-0.3, -0.25) is 0 Å². The number of carbonyl (C=O) groups excluding carboxylic acids is 2. The second kappa shape index (κ2) is 8.97. The zero-order valence-corrected chi connectivity index (χ0v) is 24.8. The van der Waals surface area contributed by atoms with E-state index in [0.717, 1.165) is 33.5 Å². The second-order valence-electron chi connectivity index (χ2n) is 11.0. The number of allylic oxidation sites excluding steroid dienone is 7. The van der Waals surface area contributed by atoms with E-state index in [1.165, 1.54) is 35.6 Å². The Morgan fingerprint density at radius 1 is 0.667 bits per heavy atom. The van der Waals surface area contributed by atoms with Crippen molar-refractivity contribution in [3.05, 3.63) is 148 Å². The summed E-state index contributed by atoms with van der Waals surface area (Å²) in [6.07, 6.45) is 9.74. The van der Waals surface area contributed by atoms with E-state index in [1.807, 2.05) is 66.9 Å². The summed E-state index contributed by atoms with van der Waals surface area (Å²) in [7, 11) is 0. The number of pyridine rings is 1. The van der Waals surface area contributed by atoms with Gasteiger partial charge < -0.3 is 0 Å². The maximum absolute atomic E-state index is 13.8. The smallest absolute Gasteiger partial charge is 0.0616 e. The molecule has 0 atom stereocenters. The van der Waals surface area contributed by atoms with Crippen molar-refractivity contribution >= 4 is 72.8 Å². The Labute approximate surface area is 252 Å². The van der Waals surface area contributed by atoms with Gasteiger partial charge in [-0.25, -0.2) is 0 Å². The number of anilines is 2. The van der Waals surface area contributed by atoms with Crippen LogP contribution in [0.15, 0.2) is 137 Å². The second-order valence-corrected chi connectivity index (χ2v) is 14.0. The molecule has 198 valence electrons. The fourth-order valence-electron chi connectivity index (χ4n) is 6.90. The van der Waals surface area contributed by atoms with Crippen LogP contribution in [0.4, 0.5) is 11.4 Å². The van der Waals surface area contributed by atoms with Gasteiger partial charge in [0, 0.05) is 0 Å². The van der Waals surface area contributed by atoms with Crippen LogP contribution in [0.1, 0.15) is 33.6 Å². The van der Waals surface area contributed by atoms with Crippen LogP contribution in [0.3, 0.4) is 0 Å². The van der Waals surface area contributed by atoms with E-state index in [9.17, 15) is 9.59 Å². The molecule has 1 aliphatic heterocycles. The Bertz CT molecular complexity index is 2100. The molecule has 5 heteroatoms. The molecular weight excluding hydrogens is 632 g/mol. The fraction of sp³-hybridized carbons (Fsp3) is 0.0541. The molecule has 4 nitrogen and oxygen atoms in total. The quantitative estimate of drug-likeness (QED) is 0.0956. The molecule has 42 heavy (non-hydrogen) atoms. The standard InChI is InChI=1S/C37H22N2O2Te/c40-35-29(36(41)34-28-11-4-2-9-26(28)25-8-1-3-10-27(25)33(34)35)18-21-16-22-19-24(20-23(22)17-21)39-30-12-5-6-14-32(30)42-37-31(39)13-7-15-38-37/h1-16,18,20H,17,19H2. The van der Waals surface area contributed by atoms with Gasteiger partial charge in [0.25, 0.3) is 0 Å². The van der Waals surface area contributed by atoms with Gasteiger partial charge in [-0.15, -0.1) is 0 Å². The molecule has 0 saturated heterocycles. The minimum absolute atomic E-state index is 0.168. The van der Waals surface area contributed by atoms with Crippen molar-refractivity contribution in [2.75, 3.05) is 4.90 Å². The van der Waals surface area contributed by atoms with Crippen LogP contribution in [0.2, 0.25) is 0 Å². The molecule has 0 bridgehead atoms. The number of fused-ring (bicyclic) bond motifs is 8. The van der Waals surface area contributed by atoms with E-state index < -0.39 is 20.9 Å². The minimum atomic E-state index is -0.535. The molecular formula is C37H22N2O2Te. The number of para-hydroxylation sites is 1. The topological polar surface area (TPSA) is 50.3 Å². The zero-order chi connectivity index (χ0) is 27.9. The van der Waals surface area contributed by atoms with Gasteiger partial charge in [0.2, 0.25) is 0 Å². The molecule has 3 aliphatic carbocycles. The van der Waals surface area contributed by atoms with Crippen LogP contribution < -0.4 is 12.3 Å². The molecule has 0 amide bonds. The third kappa shape index (κ3) is 3.38. The number of rotatable bonds is 2. The van der Waals surface area contributed by atoms with Crippen molar-refractivity contribution in [3.8, 4) is 0 Å². The number of nitrogens with zero attached hydrogens (tertiary/aromatic N) is 2. The Morgan fingerprint density at radius 3 is 2.00 bits per heavy atom. The molecule has 0 unspecified atom stereocenters. The van der Waals surface area contributed by atoms with E-state index in [2.05, 4.69) is 47.4 Å². The van der Waals surface area contributed by atoms with Crippen molar-refractivity contribution < 1.29 is 9.59 Å². The number of aromatic nitrogens is 1. The summed E-state index contributed by atoms with van der Waals surface area (Å²) in [4.78, 5) is 34.8. The third-order valence-electron chi connectivity index (χ3n) is 8.68. The summed E-state index contributed by atoms with van der Waals surface area (Å²) in [5, 5.41) is 3.71. The van der Waals surface area contributed by atoms with Crippen molar-refractivity contribution in [1.82, 2.24) is 4.98 Å². The van der Waals surface area contributed by atoms with Crippen LogP contribution in [-0.4, -0.2) is 37.5 Å². The van der Waals surface area contributed by atoms with Crippen molar-refractivity contribution in [2.24, 2.45) is 0 Å². The Kier molecular flexibility index (Phi) is 5.14. The van der Waals surface area contributed by atoms with Crippen LogP contribution in [0.5, 0.6) is 0 Å². The first-order valence-electron chi connectivity index (χ1n) is 14.1. The summed E-state index contributed by atoms with van der Waals surface area (Å²) in [5.74, 6) is -0.335. The van der Waals surface area contributed by atoms with Crippen LogP contribution in [0, 0.1) is 0 Å². The number of hydrogen-bond acceptors (Lipinski definition) is 4. The van der Waals surface area contributed by atoms with Crippen LogP contribution in [0.25, 0.3) is 21.5 Å². The number of carbonyl (C=O) groups is 2. The summed E-state index contributed by atoms with van der Waals surface area (Å²) in [5.41, 5.74) is 8.59. The molecule has 2 heterocycles. The van der Waals surface area contributed by atoms with Gasteiger partial charge >= 0.3 is 183 Å². The number of Topliss-reactive ketones (excluding diaryl/α,β-unsaturated/α-hetero) is 2. The van der Waals surface area contributed by atoms with Gasteiger partial charge in [-0.05, 0) is 21.5 Å². The van der Waals surface area contributed by atoms with Gasteiger partial charge in [0.15, 0.2) is 0 Å². The molecule has 9 rings (SSSR count). The van der Waals surface area contributed by atoms with E-state index in [0.29, 0.717) is 17.5 Å². The van der Waals surface area contributed by atoms with Gasteiger partial charge in [0.1, 0.15) is 0 Å². The van der Waals surface area contributed by atoms with Gasteiger partial charge in [0.05, 0.1) is 0 Å². The number of hydrogen-bond donors (Lipinski definition) is 0. The molecule has 5 aromatic rings. The summed E-state index contributed by atoms with van der Waals surface area (Å²) in [6, 6.07) is 28.7. The van der Waals surface area contributed by atoms with E-state index in [1.54, 1.807) is 0 Å². The first-order valence-corrected chi connectivity index (χ1v) is 16.4. The average Bonchev–Trinajstić information content (AvgIpc) is 3.67. The molecule has 4 aliphatic rings. The predicted octanol–water partition coefficient (Wildman–Crippen LogP) is 6.41. The Balaban J connectivity index is 1.06. The van der Waals surface area contributed by atoms with E-state index in [-0.39, 0.29) is 17.1 Å². The zero-order valence-electron chi connectivity index (χ0n) is 22.4. The maximum atomic E-state index is 13.8. The van der Waals surface area contributed by atoms with Crippen LogP contribution in [-0.2, 0) is 0 Å². The fourth-order valence-corrected chi connectivity index (χ4v) is 9.74. The predicted molar refractivity (Wildman–Crippen MR) is 168 cm³/mol.